The zero-order valence-electron chi connectivity index (χ0n) is 21.8. The van der Waals surface area contributed by atoms with Crippen molar-refractivity contribution >= 4 is 31.2 Å². The molecule has 1 heterocycles. The topological polar surface area (TPSA) is 125 Å². The molecule has 4 rings (SSSR count). The second-order valence-electron chi connectivity index (χ2n) is 9.21. The van der Waals surface area contributed by atoms with E-state index in [0.717, 1.165) is 49.0 Å². The molecule has 0 radical (unpaired) electrons. The van der Waals surface area contributed by atoms with Crippen molar-refractivity contribution in [2.75, 3.05) is 13.1 Å². The Labute approximate surface area is 223 Å². The Hall–Kier alpha value is -3.05. The quantitative estimate of drug-likeness (QED) is 0.168. The van der Waals surface area contributed by atoms with Crippen molar-refractivity contribution in [2.45, 2.75) is 56.2 Å². The maximum absolute atomic E-state index is 12.5. The van der Waals surface area contributed by atoms with E-state index in [1.165, 1.54) is 6.07 Å². The molecule has 38 heavy (non-hydrogen) atoms. The van der Waals surface area contributed by atoms with Crippen LogP contribution in [0.25, 0.3) is 33.4 Å². The van der Waals surface area contributed by atoms with E-state index in [0.29, 0.717) is 33.8 Å². The Morgan fingerprint density at radius 3 is 2.03 bits per heavy atom. The van der Waals surface area contributed by atoms with E-state index in [-0.39, 0.29) is 5.56 Å². The first kappa shape index (κ1) is 28.0. The van der Waals surface area contributed by atoms with Gasteiger partial charge in [-0.05, 0) is 62.4 Å². The zero-order chi connectivity index (χ0) is 27.8. The largest absolute Gasteiger partial charge is 0.456 e. The third kappa shape index (κ3) is 5.26. The van der Waals surface area contributed by atoms with Crippen molar-refractivity contribution in [2.24, 2.45) is 0 Å². The zero-order valence-corrected chi connectivity index (χ0v) is 23.4. The second-order valence-corrected chi connectivity index (χ2v) is 12.0. The van der Waals surface area contributed by atoms with Crippen molar-refractivity contribution in [3.63, 3.8) is 0 Å². The van der Waals surface area contributed by atoms with E-state index in [4.69, 9.17) is 4.42 Å². The molecule has 0 spiro atoms. The Bertz CT molecular complexity index is 1760. The number of rotatable bonds is 8. The molecule has 2 aromatic carbocycles. The van der Waals surface area contributed by atoms with Crippen molar-refractivity contribution in [1.82, 2.24) is 4.58 Å². The summed E-state index contributed by atoms with van der Waals surface area (Å²) in [5.41, 5.74) is 2.78. The Morgan fingerprint density at radius 2 is 1.45 bits per heavy atom. The molecule has 2 aliphatic rings. The minimum Gasteiger partial charge on any atom is -0.456 e. The van der Waals surface area contributed by atoms with Crippen molar-refractivity contribution < 1.29 is 30.4 Å². The van der Waals surface area contributed by atoms with Crippen LogP contribution in [0.1, 0.15) is 52.0 Å². The molecule has 1 aliphatic heterocycles. The van der Waals surface area contributed by atoms with Crippen LogP contribution in [0.4, 0.5) is 0 Å². The number of nitrogens with zero attached hydrogens (tertiary/aromatic N) is 1. The Morgan fingerprint density at radius 1 is 0.789 bits per heavy atom. The lowest BCUT2D eigenvalue weighted by molar-refractivity contribution is 0.481. The van der Waals surface area contributed by atoms with Crippen LogP contribution in [-0.2, 0) is 20.2 Å². The van der Waals surface area contributed by atoms with Gasteiger partial charge < -0.3 is 4.42 Å². The maximum atomic E-state index is 12.5. The van der Waals surface area contributed by atoms with Gasteiger partial charge in [0.05, 0.1) is 11.0 Å². The summed E-state index contributed by atoms with van der Waals surface area (Å²) in [5.74, 6) is 0.830. The molecule has 0 amide bonds. The van der Waals surface area contributed by atoms with E-state index in [2.05, 4.69) is 18.4 Å². The molecule has 10 heteroatoms. The molecule has 0 unspecified atom stereocenters. The lowest BCUT2D eigenvalue weighted by Crippen LogP contribution is -2.29. The normalized spacial score (nSPS) is 12.5. The predicted octanol–water partition coefficient (Wildman–Crippen LogP) is 5.41. The number of hydrogen-bond acceptors (Lipinski definition) is 5. The minimum absolute atomic E-state index is 0.0940. The number of fused-ring (bicyclic) bond motifs is 2. The SMILES string of the molecule is CCC(CC)c1ccc2c(-c3ccc(S(=O)(=O)O)cc3S(=O)(=O)O)c3ccc(=[N+](CC)CC)cc-3oc2c1. The molecular formula is C28H32NO7S2+. The Balaban J connectivity index is 2.19. The highest BCUT2D eigenvalue weighted by molar-refractivity contribution is 7.86. The fourth-order valence-electron chi connectivity index (χ4n) is 5.07. The van der Waals surface area contributed by atoms with E-state index in [1.807, 2.05) is 50.2 Å². The lowest BCUT2D eigenvalue weighted by atomic mass is 9.90. The summed E-state index contributed by atoms with van der Waals surface area (Å²) in [5, 5.41) is 1.54. The molecule has 202 valence electrons. The molecule has 0 atom stereocenters. The Kier molecular flexibility index (Phi) is 7.81. The summed E-state index contributed by atoms with van der Waals surface area (Å²) < 4.78 is 76.6. The van der Waals surface area contributed by atoms with Crippen molar-refractivity contribution in [3.05, 3.63) is 65.5 Å². The first-order valence-corrected chi connectivity index (χ1v) is 15.5. The third-order valence-electron chi connectivity index (χ3n) is 7.11. The van der Waals surface area contributed by atoms with E-state index in [9.17, 15) is 25.9 Å². The van der Waals surface area contributed by atoms with Gasteiger partial charge >= 0.3 is 0 Å². The highest BCUT2D eigenvalue weighted by atomic mass is 32.2. The summed E-state index contributed by atoms with van der Waals surface area (Å²) in [4.78, 5) is -1.26. The molecule has 0 fully saturated rings. The van der Waals surface area contributed by atoms with Crippen LogP contribution in [0.3, 0.4) is 0 Å². The standard InChI is InChI=1S/C28H31NO7S2/c1-5-18(6-2)19-9-12-22-25(15-19)36-26-16-20(29(7-3)8-4)10-13-23(26)28(22)24-14-11-21(37(30,31)32)17-27(24)38(33,34)35/h9-18H,5-8H2,1-4H3,(H-,30,31,32,33,34,35)/p+1. The van der Waals surface area contributed by atoms with Crippen LogP contribution in [0.15, 0.2) is 68.8 Å². The van der Waals surface area contributed by atoms with Crippen molar-refractivity contribution in [3.8, 4) is 22.5 Å². The van der Waals surface area contributed by atoms with E-state index in [1.54, 1.807) is 0 Å². The molecule has 0 saturated carbocycles. The second kappa shape index (κ2) is 10.6. The van der Waals surface area contributed by atoms with Crippen LogP contribution in [0.2, 0.25) is 0 Å². The third-order valence-corrected chi connectivity index (χ3v) is 8.86. The summed E-state index contributed by atoms with van der Waals surface area (Å²) >= 11 is 0. The number of benzene rings is 3. The molecule has 0 aromatic heterocycles. The first-order chi connectivity index (χ1) is 17.9. The maximum Gasteiger partial charge on any atom is 0.295 e. The first-order valence-electron chi connectivity index (χ1n) is 12.6. The average molecular weight is 559 g/mol. The van der Waals surface area contributed by atoms with Gasteiger partial charge in [-0.25, -0.2) is 4.58 Å². The molecular weight excluding hydrogens is 526 g/mol. The minimum atomic E-state index is -4.88. The van der Waals surface area contributed by atoms with Gasteiger partial charge in [0.15, 0.2) is 0 Å². The highest BCUT2D eigenvalue weighted by Crippen LogP contribution is 2.43. The van der Waals surface area contributed by atoms with Gasteiger partial charge in [0, 0.05) is 28.1 Å². The summed E-state index contributed by atoms with van der Waals surface area (Å²) in [6, 6.07) is 14.6. The van der Waals surface area contributed by atoms with Crippen LogP contribution >= 0.6 is 0 Å². The summed E-state index contributed by atoms with van der Waals surface area (Å²) in [6.45, 7) is 9.90. The highest BCUT2D eigenvalue weighted by Gasteiger charge is 2.26. The van der Waals surface area contributed by atoms with Gasteiger partial charge in [-0.2, -0.15) is 16.8 Å². The van der Waals surface area contributed by atoms with Crippen LogP contribution in [0.5, 0.6) is 0 Å². The van der Waals surface area contributed by atoms with E-state index >= 15 is 0 Å². The number of hydrogen-bond donors (Lipinski definition) is 2. The van der Waals surface area contributed by atoms with Gasteiger partial charge in [-0.15, -0.1) is 0 Å². The monoisotopic (exact) mass is 558 g/mol. The van der Waals surface area contributed by atoms with Gasteiger partial charge in [-0.3, -0.25) is 9.11 Å². The van der Waals surface area contributed by atoms with Gasteiger partial charge in [0.1, 0.15) is 29.3 Å². The van der Waals surface area contributed by atoms with Crippen LogP contribution < -0.4 is 9.93 Å². The van der Waals surface area contributed by atoms with Crippen molar-refractivity contribution in [1.29, 1.82) is 0 Å². The molecule has 0 bridgehead atoms. The molecule has 1 aliphatic carbocycles. The van der Waals surface area contributed by atoms with Crippen LogP contribution in [0, 0.1) is 0 Å². The lowest BCUT2D eigenvalue weighted by Gasteiger charge is -2.19. The summed E-state index contributed by atoms with van der Waals surface area (Å²) in [7, 11) is -9.59. The molecule has 2 aromatic rings. The molecule has 8 nitrogen and oxygen atoms in total. The smallest absolute Gasteiger partial charge is 0.295 e. The van der Waals surface area contributed by atoms with Gasteiger partial charge in [0.25, 0.3) is 20.2 Å². The predicted molar refractivity (Wildman–Crippen MR) is 148 cm³/mol. The van der Waals surface area contributed by atoms with Gasteiger partial charge in [-0.1, -0.05) is 32.0 Å². The summed E-state index contributed by atoms with van der Waals surface area (Å²) in [6.07, 6.45) is 1.89. The van der Waals surface area contributed by atoms with Crippen LogP contribution in [-0.4, -0.2) is 39.0 Å². The van der Waals surface area contributed by atoms with Gasteiger partial charge in [0.2, 0.25) is 5.36 Å². The average Bonchev–Trinajstić information content (AvgIpc) is 2.87. The fraction of sp³-hybridized carbons (Fsp3) is 0.321. The molecule has 0 saturated heterocycles. The molecule has 2 N–H and O–H groups in total. The fourth-order valence-corrected chi connectivity index (χ4v) is 6.37. The van der Waals surface area contributed by atoms with E-state index < -0.39 is 30.0 Å².